The molecule has 37 heavy (non-hydrogen) atoms. The highest BCUT2D eigenvalue weighted by atomic mass is 19.1. The number of hydrogen-bond donors (Lipinski definition) is 2. The van der Waals surface area contributed by atoms with Gasteiger partial charge in [-0.05, 0) is 38.2 Å². The molecule has 3 N–H and O–H groups in total. The second-order valence-corrected chi connectivity index (χ2v) is 10.7. The average Bonchev–Trinajstić information content (AvgIpc) is 3.15. The van der Waals surface area contributed by atoms with E-state index in [1.54, 1.807) is 9.96 Å². The lowest BCUT2D eigenvalue weighted by Crippen LogP contribution is -2.52. The monoisotopic (exact) mass is 516 g/mol. The number of rotatable bonds is 4. The van der Waals surface area contributed by atoms with Crippen molar-refractivity contribution in [2.45, 2.75) is 70.3 Å². The number of aromatic hydroxyl groups is 1. The predicted molar refractivity (Wildman–Crippen MR) is 129 cm³/mol. The topological polar surface area (TPSA) is 118 Å². The second-order valence-electron chi connectivity index (χ2n) is 10.7. The van der Waals surface area contributed by atoms with Crippen molar-refractivity contribution in [3.05, 3.63) is 63.1 Å². The first-order valence-electron chi connectivity index (χ1n) is 12.4. The maximum absolute atomic E-state index is 14.6. The van der Waals surface area contributed by atoms with Crippen LogP contribution >= 0.6 is 0 Å². The average molecular weight is 517 g/mol. The van der Waals surface area contributed by atoms with Crippen molar-refractivity contribution in [1.29, 1.82) is 0 Å². The normalized spacial score (nSPS) is 27.6. The molecule has 4 heterocycles. The van der Waals surface area contributed by atoms with E-state index in [1.807, 2.05) is 20.8 Å². The zero-order chi connectivity index (χ0) is 26.8. The van der Waals surface area contributed by atoms with Crippen molar-refractivity contribution in [3.63, 3.8) is 0 Å². The molecule has 2 saturated heterocycles. The Morgan fingerprint density at radius 1 is 1.30 bits per heavy atom. The number of primary amides is 1. The van der Waals surface area contributed by atoms with Gasteiger partial charge in [-0.2, -0.15) is 5.06 Å². The van der Waals surface area contributed by atoms with Gasteiger partial charge in [0.15, 0.2) is 11.4 Å². The minimum atomic E-state index is -1.01. The summed E-state index contributed by atoms with van der Waals surface area (Å²) in [4.78, 5) is 46.3. The summed E-state index contributed by atoms with van der Waals surface area (Å²) in [6.07, 6.45) is 2.89. The Kier molecular flexibility index (Phi) is 6.11. The van der Waals surface area contributed by atoms with E-state index in [0.717, 1.165) is 6.07 Å². The highest BCUT2D eigenvalue weighted by molar-refractivity contribution is 5.99. The molecule has 9 nitrogen and oxygen atoms in total. The zero-order valence-corrected chi connectivity index (χ0v) is 20.9. The molecule has 5 rings (SSSR count). The van der Waals surface area contributed by atoms with Gasteiger partial charge < -0.3 is 20.3 Å². The zero-order valence-electron chi connectivity index (χ0n) is 20.9. The largest absolute Gasteiger partial charge is 0.503 e. The molecule has 3 aliphatic rings. The van der Waals surface area contributed by atoms with Crippen LogP contribution in [0.25, 0.3) is 0 Å². The lowest BCUT2D eigenvalue weighted by Gasteiger charge is -2.42. The van der Waals surface area contributed by atoms with E-state index < -0.39 is 51.8 Å². The number of nitrogens with two attached hydrogens (primary N) is 1. The SMILES string of the molecule is CC(C)C1C[C@]2(CC[C@H](C)N3C[C@H]2n2cc(C(N)=O)c(=O)c(O)c2C3=O)ON1Cc1ccc(F)cc1F. The van der Waals surface area contributed by atoms with Crippen LogP contribution < -0.4 is 11.2 Å². The molecule has 1 aromatic heterocycles. The maximum Gasteiger partial charge on any atom is 0.274 e. The molecule has 1 aromatic carbocycles. The van der Waals surface area contributed by atoms with Crippen LogP contribution in [0, 0.1) is 17.6 Å². The fraction of sp³-hybridized carbons (Fsp3) is 0.500. The van der Waals surface area contributed by atoms with E-state index in [1.165, 1.54) is 22.9 Å². The number of aromatic nitrogens is 1. The standard InChI is InChI=1S/C26H30F2N4O5/c1-13(2)19-9-26(37-32(19)10-15-4-5-16(27)8-18(15)28)7-6-14(3)30-12-20(26)31-11-17(24(29)35)22(33)23(34)21(31)25(30)36/h4-5,8,11,13-14,19-20,34H,6-7,9-10,12H2,1-3H3,(H2,29,35)/t14-,19?,20+,26-/m0/s1. The Morgan fingerprint density at radius 3 is 2.68 bits per heavy atom. The van der Waals surface area contributed by atoms with Gasteiger partial charge in [-0.3, -0.25) is 19.2 Å². The molecule has 2 fully saturated rings. The van der Waals surface area contributed by atoms with E-state index >= 15 is 0 Å². The number of pyridine rings is 1. The lowest BCUT2D eigenvalue weighted by atomic mass is 9.81. The molecule has 2 bridgehead atoms. The first-order chi connectivity index (χ1) is 17.4. The van der Waals surface area contributed by atoms with Crippen LogP contribution in [0.4, 0.5) is 8.78 Å². The minimum absolute atomic E-state index is 0.0798. The Bertz CT molecular complexity index is 1340. The van der Waals surface area contributed by atoms with Gasteiger partial charge in [0.25, 0.3) is 11.8 Å². The third-order valence-electron chi connectivity index (χ3n) is 8.10. The molecule has 3 aliphatic heterocycles. The van der Waals surface area contributed by atoms with Crippen LogP contribution in [-0.4, -0.2) is 55.7 Å². The van der Waals surface area contributed by atoms with Gasteiger partial charge in [0.2, 0.25) is 5.43 Å². The van der Waals surface area contributed by atoms with Gasteiger partial charge in [-0.1, -0.05) is 19.9 Å². The number of halogens is 2. The van der Waals surface area contributed by atoms with Crippen molar-refractivity contribution in [3.8, 4) is 5.75 Å². The summed E-state index contributed by atoms with van der Waals surface area (Å²) in [7, 11) is 0. The van der Waals surface area contributed by atoms with Gasteiger partial charge in [0.05, 0.1) is 12.6 Å². The number of carbonyl (C=O) groups excluding carboxylic acids is 2. The van der Waals surface area contributed by atoms with E-state index in [9.17, 15) is 28.3 Å². The number of hydrogen-bond acceptors (Lipinski definition) is 6. The molecule has 2 amide bonds. The fourth-order valence-electron chi connectivity index (χ4n) is 6.00. The molecular weight excluding hydrogens is 486 g/mol. The predicted octanol–water partition coefficient (Wildman–Crippen LogP) is 2.71. The summed E-state index contributed by atoms with van der Waals surface area (Å²) in [6.45, 7) is 6.27. The van der Waals surface area contributed by atoms with Gasteiger partial charge in [-0.15, -0.1) is 0 Å². The maximum atomic E-state index is 14.6. The third kappa shape index (κ3) is 4.00. The Morgan fingerprint density at radius 2 is 2.03 bits per heavy atom. The van der Waals surface area contributed by atoms with Crippen LogP contribution in [-0.2, 0) is 11.4 Å². The summed E-state index contributed by atoms with van der Waals surface area (Å²) in [6, 6.07) is 2.54. The van der Waals surface area contributed by atoms with Crippen LogP contribution in [0.3, 0.4) is 0 Å². The van der Waals surface area contributed by atoms with Crippen LogP contribution in [0.5, 0.6) is 5.75 Å². The molecule has 1 spiro atoms. The van der Waals surface area contributed by atoms with Gasteiger partial charge in [0, 0.05) is 36.5 Å². The van der Waals surface area contributed by atoms with Crippen molar-refractivity contribution in [1.82, 2.24) is 14.5 Å². The summed E-state index contributed by atoms with van der Waals surface area (Å²) in [5, 5.41) is 12.5. The first kappa shape index (κ1) is 25.3. The smallest absolute Gasteiger partial charge is 0.274 e. The fourth-order valence-corrected chi connectivity index (χ4v) is 6.00. The van der Waals surface area contributed by atoms with Crippen molar-refractivity contribution < 1.29 is 28.3 Å². The van der Waals surface area contributed by atoms with E-state index in [4.69, 9.17) is 10.6 Å². The molecule has 0 aliphatic carbocycles. The van der Waals surface area contributed by atoms with Crippen LogP contribution in [0.1, 0.15) is 72.5 Å². The summed E-state index contributed by atoms with van der Waals surface area (Å²) >= 11 is 0. The second kappa shape index (κ2) is 8.91. The molecule has 11 heteroatoms. The van der Waals surface area contributed by atoms with E-state index in [-0.39, 0.29) is 42.3 Å². The van der Waals surface area contributed by atoms with Crippen molar-refractivity contribution >= 4 is 11.8 Å². The quantitative estimate of drug-likeness (QED) is 0.645. The molecule has 0 radical (unpaired) electrons. The summed E-state index contributed by atoms with van der Waals surface area (Å²) < 4.78 is 29.5. The summed E-state index contributed by atoms with van der Waals surface area (Å²) in [5.74, 6) is -3.56. The Balaban J connectivity index is 1.63. The molecule has 1 unspecified atom stereocenters. The van der Waals surface area contributed by atoms with Crippen molar-refractivity contribution in [2.24, 2.45) is 11.7 Å². The van der Waals surface area contributed by atoms with Crippen LogP contribution in [0.15, 0.2) is 29.2 Å². The van der Waals surface area contributed by atoms with E-state index in [2.05, 4.69) is 0 Å². The Labute approximate surface area is 212 Å². The highest BCUT2D eigenvalue weighted by Gasteiger charge is 2.56. The number of hydroxylamine groups is 2. The Hall–Kier alpha value is -3.31. The minimum Gasteiger partial charge on any atom is -0.503 e. The summed E-state index contributed by atoms with van der Waals surface area (Å²) in [5.41, 5.74) is 3.19. The van der Waals surface area contributed by atoms with Crippen LogP contribution in [0.2, 0.25) is 0 Å². The number of amides is 2. The van der Waals surface area contributed by atoms with Crippen molar-refractivity contribution in [2.75, 3.05) is 6.54 Å². The number of carbonyl (C=O) groups is 2. The molecular formula is C26H30F2N4O5. The van der Waals surface area contributed by atoms with Gasteiger partial charge in [-0.25, -0.2) is 8.78 Å². The third-order valence-corrected chi connectivity index (χ3v) is 8.10. The van der Waals surface area contributed by atoms with Gasteiger partial charge in [0.1, 0.15) is 22.8 Å². The molecule has 4 atom stereocenters. The molecule has 2 aromatic rings. The van der Waals surface area contributed by atoms with E-state index in [0.29, 0.717) is 19.3 Å². The molecule has 198 valence electrons. The number of benzene rings is 1. The number of fused-ring (bicyclic) bond motifs is 5. The lowest BCUT2D eigenvalue weighted by molar-refractivity contribution is -0.230. The van der Waals surface area contributed by atoms with Gasteiger partial charge >= 0.3 is 0 Å². The molecule has 0 saturated carbocycles. The highest BCUT2D eigenvalue weighted by Crippen LogP contribution is 2.50. The number of nitrogens with zero attached hydrogens (tertiary/aromatic N) is 3. The first-order valence-corrected chi connectivity index (χ1v) is 12.4.